The Balaban J connectivity index is 0.00000240. The number of carbonyl (C=O) groups excluding carboxylic acids is 2. The van der Waals surface area contributed by atoms with Crippen LogP contribution in [0.5, 0.6) is 17.4 Å². The lowest BCUT2D eigenvalue weighted by atomic mass is 10.0. The van der Waals surface area contributed by atoms with Crippen LogP contribution in [0.15, 0.2) is 67.0 Å². The van der Waals surface area contributed by atoms with E-state index in [1.165, 1.54) is 36.4 Å². The van der Waals surface area contributed by atoms with E-state index in [1.54, 1.807) is 24.5 Å². The molecule has 2 fully saturated rings. The highest BCUT2D eigenvalue weighted by Crippen LogP contribution is 2.47. The summed E-state index contributed by atoms with van der Waals surface area (Å²) in [6.07, 6.45) is 3.81. The number of pyridine rings is 2. The van der Waals surface area contributed by atoms with Gasteiger partial charge < -0.3 is 24.8 Å². The normalized spacial score (nSPS) is 17.6. The van der Waals surface area contributed by atoms with E-state index in [4.69, 9.17) is 14.2 Å². The average molecular weight is 608 g/mol. The van der Waals surface area contributed by atoms with Gasteiger partial charge in [0.2, 0.25) is 17.7 Å². The lowest BCUT2D eigenvalue weighted by molar-refractivity contribution is -0.131. The van der Waals surface area contributed by atoms with Crippen LogP contribution in [0.1, 0.15) is 22.6 Å². The summed E-state index contributed by atoms with van der Waals surface area (Å²) in [5, 5.41) is 5.85. The Kier molecular flexibility index (Phi) is 8.36. The molecule has 2 amide bonds. The topological polar surface area (TPSA) is 115 Å². The molecule has 232 valence electrons. The Labute approximate surface area is 255 Å². The van der Waals surface area contributed by atoms with E-state index >= 15 is 4.39 Å². The highest BCUT2D eigenvalue weighted by molar-refractivity contribution is 6.16. The van der Waals surface area contributed by atoms with E-state index in [0.717, 1.165) is 19.2 Å². The zero-order valence-corrected chi connectivity index (χ0v) is 24.0. The first-order valence-electron chi connectivity index (χ1n) is 14.4. The number of fused-ring (bicyclic) bond motifs is 1. The van der Waals surface area contributed by atoms with Crippen molar-refractivity contribution in [2.45, 2.75) is 25.8 Å². The molecule has 1 atom stereocenters. The molecule has 1 saturated heterocycles. The lowest BCUT2D eigenvalue weighted by Crippen LogP contribution is -2.45. The van der Waals surface area contributed by atoms with Crippen molar-refractivity contribution in [1.82, 2.24) is 14.9 Å². The molecular formula is C32H35F2N5O5. The Bertz CT molecular complexity index is 1690. The number of morpholine rings is 1. The molecule has 3 heterocycles. The number of carbonyl (C=O) groups is 2. The highest BCUT2D eigenvalue weighted by Gasteiger charge is 2.56. The molecule has 1 saturated carbocycles. The maximum atomic E-state index is 15.1. The van der Waals surface area contributed by atoms with Crippen molar-refractivity contribution in [3.05, 3.63) is 78.6 Å². The molecule has 0 spiro atoms. The van der Waals surface area contributed by atoms with Crippen LogP contribution in [-0.4, -0.2) is 65.6 Å². The number of aromatic nitrogens is 2. The van der Waals surface area contributed by atoms with Crippen molar-refractivity contribution in [1.29, 1.82) is 0 Å². The third-order valence-corrected chi connectivity index (χ3v) is 7.83. The quantitative estimate of drug-likeness (QED) is 0.222. The van der Waals surface area contributed by atoms with Gasteiger partial charge in [0.05, 0.1) is 24.1 Å². The molecule has 4 aromatic rings. The van der Waals surface area contributed by atoms with E-state index in [9.17, 15) is 14.0 Å². The maximum Gasteiger partial charge on any atom is 0.240 e. The molecule has 0 bridgehead atoms. The number of nitrogens with one attached hydrogen (secondary N) is 2. The molecule has 2 aliphatic rings. The van der Waals surface area contributed by atoms with Crippen molar-refractivity contribution in [2.75, 3.05) is 43.5 Å². The fraction of sp³-hybridized carbons (Fsp3) is 0.312. The van der Waals surface area contributed by atoms with Crippen LogP contribution < -0.4 is 20.1 Å². The van der Waals surface area contributed by atoms with Gasteiger partial charge in [0.25, 0.3) is 0 Å². The molecule has 2 aromatic carbocycles. The Morgan fingerprint density at radius 3 is 2.50 bits per heavy atom. The first-order valence-corrected chi connectivity index (χ1v) is 14.4. The van der Waals surface area contributed by atoms with Gasteiger partial charge in [0.1, 0.15) is 23.6 Å². The third kappa shape index (κ3) is 6.46. The molecule has 1 aliphatic carbocycles. The van der Waals surface area contributed by atoms with Crippen LogP contribution in [0.4, 0.5) is 20.2 Å². The number of halogens is 2. The molecule has 2 N–H and O–H groups in total. The fourth-order valence-electron chi connectivity index (χ4n) is 5.02. The molecule has 0 radical (unpaired) electrons. The van der Waals surface area contributed by atoms with E-state index in [1.807, 2.05) is 0 Å². The minimum atomic E-state index is -1.27. The van der Waals surface area contributed by atoms with Crippen molar-refractivity contribution in [3.63, 3.8) is 0 Å². The molecule has 2 aromatic heterocycles. The maximum absolute atomic E-state index is 15.1. The van der Waals surface area contributed by atoms with E-state index in [2.05, 4.69) is 32.4 Å². The molecule has 44 heavy (non-hydrogen) atoms. The van der Waals surface area contributed by atoms with Crippen LogP contribution >= 0.6 is 0 Å². The molecule has 6 rings (SSSR count). The number of hydrogen-bond acceptors (Lipinski definition) is 8. The van der Waals surface area contributed by atoms with Crippen LogP contribution in [-0.2, 0) is 14.3 Å². The number of ether oxygens (including phenoxy) is 3. The van der Waals surface area contributed by atoms with Crippen molar-refractivity contribution in [3.8, 4) is 17.4 Å². The van der Waals surface area contributed by atoms with Gasteiger partial charge in [-0.3, -0.25) is 19.5 Å². The summed E-state index contributed by atoms with van der Waals surface area (Å²) in [6, 6.07) is 12.9. The summed E-state index contributed by atoms with van der Waals surface area (Å²) in [5.74, 6) is -1.48. The summed E-state index contributed by atoms with van der Waals surface area (Å²) < 4.78 is 45.5. The molecule has 0 unspecified atom stereocenters. The molecule has 10 nitrogen and oxygen atoms in total. The van der Waals surface area contributed by atoms with Crippen molar-refractivity contribution in [2.24, 2.45) is 5.41 Å². The van der Waals surface area contributed by atoms with Gasteiger partial charge in [-0.25, -0.2) is 13.8 Å². The van der Waals surface area contributed by atoms with E-state index < -0.39 is 28.9 Å². The number of anilines is 2. The molecule has 12 heteroatoms. The van der Waals surface area contributed by atoms with Crippen LogP contribution in [0.2, 0.25) is 0 Å². The summed E-state index contributed by atoms with van der Waals surface area (Å²) in [5.41, 5.74) is -0.142. The predicted octanol–water partition coefficient (Wildman–Crippen LogP) is 5.65. The summed E-state index contributed by atoms with van der Waals surface area (Å²) in [6.45, 7) is 5.61. The highest BCUT2D eigenvalue weighted by atomic mass is 19.1. The zero-order chi connectivity index (χ0) is 30.7. The number of rotatable bonds is 10. The van der Waals surface area contributed by atoms with Crippen LogP contribution in [0.25, 0.3) is 10.9 Å². The van der Waals surface area contributed by atoms with Crippen LogP contribution in [0.3, 0.4) is 0 Å². The van der Waals surface area contributed by atoms with Crippen molar-refractivity contribution >= 4 is 34.1 Å². The van der Waals surface area contributed by atoms with E-state index in [-0.39, 0.29) is 14.3 Å². The number of benzene rings is 2. The lowest BCUT2D eigenvalue weighted by Gasteiger charge is -2.32. The van der Waals surface area contributed by atoms with Gasteiger partial charge in [-0.05, 0) is 62.2 Å². The summed E-state index contributed by atoms with van der Waals surface area (Å²) in [4.78, 5) is 36.9. The van der Waals surface area contributed by atoms with Gasteiger partial charge in [-0.1, -0.05) is 0 Å². The second-order valence-corrected chi connectivity index (χ2v) is 10.9. The second-order valence-electron chi connectivity index (χ2n) is 10.9. The zero-order valence-electron chi connectivity index (χ0n) is 24.0. The Hall–Kier alpha value is -4.68. The van der Waals surface area contributed by atoms with Crippen LogP contribution in [0, 0.1) is 17.0 Å². The van der Waals surface area contributed by atoms with Gasteiger partial charge in [0, 0.05) is 57.9 Å². The Morgan fingerprint density at radius 2 is 1.77 bits per heavy atom. The first-order chi connectivity index (χ1) is 21.3. The van der Waals surface area contributed by atoms with Gasteiger partial charge in [-0.2, -0.15) is 0 Å². The smallest absolute Gasteiger partial charge is 0.240 e. The van der Waals surface area contributed by atoms with Gasteiger partial charge in [-0.15, -0.1) is 0 Å². The van der Waals surface area contributed by atoms with E-state index in [0.29, 0.717) is 66.9 Å². The summed E-state index contributed by atoms with van der Waals surface area (Å²) >= 11 is 0. The second kappa shape index (κ2) is 12.5. The first kappa shape index (κ1) is 29.4. The largest absolute Gasteiger partial charge is 0.476 e. The standard InChI is InChI=1S/C32H31F2N5O5.2H2/c1-20-19-42-14-12-39(20)13-15-43-29-17-26-24(18-36-29)27(8-11-35-26)44-28-7-6-23(16-25(28)34)38-31(41)32(9-10-32)30(40)37-22-4-2-21(33)3-5-22;;/h2-8,11,16-18,20H,9-10,12-15,19H2,1H3,(H,37,40)(H,38,41);2*1H/t20-;;/m1../s1. The minimum Gasteiger partial charge on any atom is -0.476 e. The summed E-state index contributed by atoms with van der Waals surface area (Å²) in [7, 11) is 0. The number of hydrogen-bond donors (Lipinski definition) is 2. The van der Waals surface area contributed by atoms with Gasteiger partial charge in [0.15, 0.2) is 11.6 Å². The monoisotopic (exact) mass is 607 g/mol. The number of nitrogens with zero attached hydrogens (tertiary/aromatic N) is 3. The third-order valence-electron chi connectivity index (χ3n) is 7.83. The predicted molar refractivity (Wildman–Crippen MR) is 163 cm³/mol. The molecular weight excluding hydrogens is 572 g/mol. The van der Waals surface area contributed by atoms with Crippen molar-refractivity contribution < 1.29 is 35.4 Å². The number of amides is 2. The fourth-order valence-corrected chi connectivity index (χ4v) is 5.02. The Morgan fingerprint density at radius 1 is 1.02 bits per heavy atom. The SMILES string of the molecule is C[C@@H]1COCCN1CCOc1cc2nccc(Oc3ccc(NC(=O)C4(C(=O)Nc5ccc(F)cc5)CC4)cc3F)c2cn1.[HH].[HH]. The molecule has 1 aliphatic heterocycles. The minimum absolute atomic E-state index is 0. The van der Waals surface area contributed by atoms with Gasteiger partial charge >= 0.3 is 0 Å². The average Bonchev–Trinajstić information content (AvgIpc) is 3.83.